The summed E-state index contributed by atoms with van der Waals surface area (Å²) in [5, 5.41) is 13.6. The van der Waals surface area contributed by atoms with Crippen molar-refractivity contribution in [3.63, 3.8) is 0 Å². The molecule has 32 heavy (non-hydrogen) atoms. The first-order chi connectivity index (χ1) is 15.5. The Kier molecular flexibility index (Phi) is 6.60. The number of nitrogens with two attached hydrogens (primary N) is 1. The van der Waals surface area contributed by atoms with Gasteiger partial charge in [0, 0.05) is 18.5 Å². The van der Waals surface area contributed by atoms with Crippen molar-refractivity contribution >= 4 is 17.4 Å². The van der Waals surface area contributed by atoms with Gasteiger partial charge in [-0.05, 0) is 62.4 Å². The summed E-state index contributed by atoms with van der Waals surface area (Å²) in [6.07, 6.45) is 6.98. The number of nitrogens with zero attached hydrogens (tertiary/aromatic N) is 2. The number of carbonyl (C=O) groups excluding carboxylic acids is 2. The third-order valence-corrected chi connectivity index (χ3v) is 6.12. The van der Waals surface area contributed by atoms with Crippen LogP contribution in [0.15, 0.2) is 36.5 Å². The number of rotatable bonds is 8. The summed E-state index contributed by atoms with van der Waals surface area (Å²) in [7, 11) is 0. The third kappa shape index (κ3) is 4.41. The SMILES string of the molecule is CCOc1cc(C(CC(N)=O)C2C(=O)c3ncccc3N2[O-])ccc1OC1CCCCC1. The monoisotopic (exact) mass is 438 g/mol. The molecule has 1 aromatic carbocycles. The molecule has 1 fully saturated rings. The lowest BCUT2D eigenvalue weighted by Gasteiger charge is -2.37. The normalized spacial score (nSPS) is 19.5. The fourth-order valence-electron chi connectivity index (χ4n) is 4.62. The van der Waals surface area contributed by atoms with Crippen molar-refractivity contribution in [2.45, 2.75) is 63.5 Å². The molecule has 1 aliphatic carbocycles. The van der Waals surface area contributed by atoms with Gasteiger partial charge in [-0.2, -0.15) is 0 Å². The number of carbonyl (C=O) groups is 2. The Morgan fingerprint density at radius 1 is 1.25 bits per heavy atom. The van der Waals surface area contributed by atoms with E-state index in [1.807, 2.05) is 6.92 Å². The average Bonchev–Trinajstić information content (AvgIpc) is 3.04. The molecule has 1 amide bonds. The summed E-state index contributed by atoms with van der Waals surface area (Å²) in [5.41, 5.74) is 6.45. The number of pyridine rings is 1. The number of primary amides is 1. The van der Waals surface area contributed by atoms with Crippen molar-refractivity contribution in [3.05, 3.63) is 53.0 Å². The van der Waals surface area contributed by atoms with Gasteiger partial charge in [0.1, 0.15) is 5.69 Å². The van der Waals surface area contributed by atoms with E-state index in [-0.39, 0.29) is 23.9 Å². The first-order valence-corrected chi connectivity index (χ1v) is 11.2. The van der Waals surface area contributed by atoms with Crippen molar-refractivity contribution in [3.8, 4) is 11.5 Å². The highest BCUT2D eigenvalue weighted by Crippen LogP contribution is 2.41. The van der Waals surface area contributed by atoms with Gasteiger partial charge >= 0.3 is 0 Å². The Balaban J connectivity index is 1.67. The molecule has 2 aliphatic rings. The Labute approximate surface area is 187 Å². The first kappa shape index (κ1) is 22.1. The zero-order valence-electron chi connectivity index (χ0n) is 18.2. The second-order valence-electron chi connectivity index (χ2n) is 8.30. The van der Waals surface area contributed by atoms with Gasteiger partial charge < -0.3 is 25.5 Å². The number of hydrogen-bond acceptors (Lipinski definition) is 7. The number of hydrogen-bond donors (Lipinski definition) is 1. The van der Waals surface area contributed by atoms with Crippen LogP contribution in [0, 0.1) is 5.21 Å². The summed E-state index contributed by atoms with van der Waals surface area (Å²) >= 11 is 0. The van der Waals surface area contributed by atoms with Gasteiger partial charge in [0.25, 0.3) is 0 Å². The number of ketones is 1. The average molecular weight is 439 g/mol. The molecule has 0 saturated heterocycles. The van der Waals surface area contributed by atoms with Gasteiger partial charge in [0.05, 0.1) is 24.4 Å². The predicted octanol–water partition coefficient (Wildman–Crippen LogP) is 3.72. The van der Waals surface area contributed by atoms with E-state index in [0.29, 0.717) is 28.7 Å². The molecule has 170 valence electrons. The molecule has 0 bridgehead atoms. The molecule has 1 saturated carbocycles. The maximum atomic E-state index is 13.0. The van der Waals surface area contributed by atoms with Crippen LogP contribution in [0.3, 0.4) is 0 Å². The summed E-state index contributed by atoms with van der Waals surface area (Å²) in [5.74, 6) is -0.594. The third-order valence-electron chi connectivity index (χ3n) is 6.12. The molecule has 2 aromatic rings. The zero-order valence-corrected chi connectivity index (χ0v) is 18.2. The first-order valence-electron chi connectivity index (χ1n) is 11.2. The fourth-order valence-corrected chi connectivity index (χ4v) is 4.62. The minimum absolute atomic E-state index is 0.115. The van der Waals surface area contributed by atoms with Crippen molar-refractivity contribution in [2.24, 2.45) is 5.73 Å². The van der Waals surface area contributed by atoms with Crippen LogP contribution in [0.2, 0.25) is 0 Å². The van der Waals surface area contributed by atoms with Gasteiger partial charge in [-0.25, -0.2) is 0 Å². The summed E-state index contributed by atoms with van der Waals surface area (Å²) in [4.78, 5) is 29.0. The second-order valence-corrected chi connectivity index (χ2v) is 8.30. The van der Waals surface area contributed by atoms with E-state index in [4.69, 9.17) is 15.2 Å². The van der Waals surface area contributed by atoms with Crippen LogP contribution in [-0.2, 0) is 4.79 Å². The molecular formula is C24H28N3O5-. The van der Waals surface area contributed by atoms with E-state index in [9.17, 15) is 14.8 Å². The van der Waals surface area contributed by atoms with Crippen molar-refractivity contribution < 1.29 is 19.1 Å². The van der Waals surface area contributed by atoms with Gasteiger partial charge in [-0.1, -0.05) is 12.5 Å². The topological polar surface area (TPSA) is 118 Å². The Morgan fingerprint density at radius 3 is 2.72 bits per heavy atom. The predicted molar refractivity (Wildman–Crippen MR) is 120 cm³/mol. The Hall–Kier alpha value is -3.13. The summed E-state index contributed by atoms with van der Waals surface area (Å²) < 4.78 is 12.0. The van der Waals surface area contributed by atoms with Gasteiger partial charge in [-0.3, -0.25) is 14.6 Å². The highest BCUT2D eigenvalue weighted by Gasteiger charge is 2.40. The van der Waals surface area contributed by atoms with Crippen LogP contribution in [0.25, 0.3) is 0 Å². The molecule has 2 unspecified atom stereocenters. The van der Waals surface area contributed by atoms with Crippen LogP contribution in [-0.4, -0.2) is 35.4 Å². The van der Waals surface area contributed by atoms with Crippen LogP contribution < -0.4 is 20.3 Å². The van der Waals surface area contributed by atoms with E-state index in [2.05, 4.69) is 4.98 Å². The van der Waals surface area contributed by atoms with E-state index in [0.717, 1.165) is 25.7 Å². The largest absolute Gasteiger partial charge is 0.758 e. The molecule has 2 heterocycles. The lowest BCUT2D eigenvalue weighted by molar-refractivity contribution is -0.118. The zero-order chi connectivity index (χ0) is 22.7. The van der Waals surface area contributed by atoms with Crippen molar-refractivity contribution in [1.82, 2.24) is 4.98 Å². The number of amides is 1. The standard InChI is InChI=1S/C24H28N3O5/c1-2-31-20-13-15(10-11-19(20)32-16-7-4-3-5-8-16)17(14-21(25)28)23-24(29)22-18(27(23)30)9-6-12-26-22/h6,9-13,16-17,23H,2-5,7-8,14H2,1H3,(H2,25,28)/q-1. The van der Waals surface area contributed by atoms with Crippen LogP contribution >= 0.6 is 0 Å². The quantitative estimate of drug-likeness (QED) is 0.667. The number of fused-ring (bicyclic) bond motifs is 1. The summed E-state index contributed by atoms with van der Waals surface area (Å²) in [6, 6.07) is 7.38. The Morgan fingerprint density at radius 2 is 2.03 bits per heavy atom. The van der Waals surface area contributed by atoms with Crippen molar-refractivity contribution in [2.75, 3.05) is 11.7 Å². The number of anilines is 1. The molecule has 0 spiro atoms. The number of hydroxylamine groups is 1. The molecule has 1 aromatic heterocycles. The van der Waals surface area contributed by atoms with E-state index < -0.39 is 23.7 Å². The highest BCUT2D eigenvalue weighted by atomic mass is 16.5. The minimum atomic E-state index is -1.12. The molecule has 0 radical (unpaired) electrons. The number of aromatic nitrogens is 1. The number of benzene rings is 1. The van der Waals surface area contributed by atoms with E-state index in [1.54, 1.807) is 30.3 Å². The number of ether oxygens (including phenoxy) is 2. The molecular weight excluding hydrogens is 410 g/mol. The molecule has 2 N–H and O–H groups in total. The van der Waals surface area contributed by atoms with Crippen LogP contribution in [0.5, 0.6) is 11.5 Å². The number of Topliss-reactive ketones (excluding diaryl/α,β-unsaturated/α-hetero) is 1. The van der Waals surface area contributed by atoms with E-state index >= 15 is 0 Å². The van der Waals surface area contributed by atoms with Gasteiger partial charge in [0.2, 0.25) is 11.7 Å². The lowest BCUT2D eigenvalue weighted by Crippen LogP contribution is -2.38. The molecule has 2 atom stereocenters. The molecule has 4 rings (SSSR count). The van der Waals surface area contributed by atoms with Crippen LogP contribution in [0.1, 0.15) is 67.4 Å². The maximum absolute atomic E-state index is 13.0. The Bertz CT molecular complexity index is 989. The smallest absolute Gasteiger partial charge is 0.218 e. The molecule has 1 aliphatic heterocycles. The van der Waals surface area contributed by atoms with Gasteiger partial charge in [0.15, 0.2) is 11.5 Å². The summed E-state index contributed by atoms with van der Waals surface area (Å²) in [6.45, 7) is 2.30. The molecule has 8 heteroatoms. The van der Waals surface area contributed by atoms with E-state index in [1.165, 1.54) is 12.6 Å². The second kappa shape index (κ2) is 9.56. The molecule has 8 nitrogen and oxygen atoms in total. The van der Waals surface area contributed by atoms with Gasteiger partial charge in [-0.15, -0.1) is 0 Å². The lowest BCUT2D eigenvalue weighted by atomic mass is 9.86. The van der Waals surface area contributed by atoms with Crippen LogP contribution in [0.4, 0.5) is 5.69 Å². The highest BCUT2D eigenvalue weighted by molar-refractivity contribution is 6.10. The maximum Gasteiger partial charge on any atom is 0.218 e. The fraction of sp³-hybridized carbons (Fsp3) is 0.458. The van der Waals surface area contributed by atoms with Crippen molar-refractivity contribution in [1.29, 1.82) is 0 Å². The minimum Gasteiger partial charge on any atom is -0.758 e.